The van der Waals surface area contributed by atoms with Gasteiger partial charge in [-0.05, 0) is 44.7 Å². The number of nitrogens with one attached hydrogen (secondary N) is 1. The molecule has 0 aliphatic carbocycles. The maximum atomic E-state index is 11.7. The van der Waals surface area contributed by atoms with E-state index in [2.05, 4.69) is 22.1 Å². The van der Waals surface area contributed by atoms with E-state index in [1.807, 2.05) is 6.07 Å². The second kappa shape index (κ2) is 6.02. The van der Waals surface area contributed by atoms with E-state index in [-0.39, 0.29) is 5.97 Å². The zero-order valence-corrected chi connectivity index (χ0v) is 12.7. The number of rotatable bonds is 4. The van der Waals surface area contributed by atoms with Crippen molar-refractivity contribution < 1.29 is 9.53 Å². The Balaban J connectivity index is 1.81. The summed E-state index contributed by atoms with van der Waals surface area (Å²) in [4.78, 5) is 18.5. The first-order valence-corrected chi connectivity index (χ1v) is 7.78. The lowest BCUT2D eigenvalue weighted by Gasteiger charge is -2.38. The van der Waals surface area contributed by atoms with Crippen molar-refractivity contribution in [1.82, 2.24) is 10.3 Å². The van der Waals surface area contributed by atoms with Crippen LogP contribution in [0.3, 0.4) is 0 Å². The second-order valence-electron chi connectivity index (χ2n) is 5.94. The minimum Gasteiger partial charge on any atom is -0.465 e. The van der Waals surface area contributed by atoms with Crippen LogP contribution in [-0.2, 0) is 4.74 Å². The normalized spacial score (nSPS) is 27.4. The number of fused-ring (bicyclic) bond motifs is 2. The Bertz CT molecular complexity index is 508. The highest BCUT2D eigenvalue weighted by atomic mass is 16.5. The van der Waals surface area contributed by atoms with Gasteiger partial charge in [0.1, 0.15) is 5.82 Å². The number of ether oxygens (including phenoxy) is 1. The number of esters is 1. The summed E-state index contributed by atoms with van der Waals surface area (Å²) in [7, 11) is 1.41. The van der Waals surface area contributed by atoms with Gasteiger partial charge >= 0.3 is 5.97 Å². The predicted molar refractivity (Wildman–Crippen MR) is 81.6 cm³/mol. The quantitative estimate of drug-likeness (QED) is 0.859. The molecule has 0 radical (unpaired) electrons. The Labute approximate surface area is 125 Å². The molecule has 3 rings (SSSR count). The number of nitrogens with zero attached hydrogens (tertiary/aromatic N) is 2. The summed E-state index contributed by atoms with van der Waals surface area (Å²) in [6.45, 7) is 3.05. The van der Waals surface area contributed by atoms with Gasteiger partial charge in [0.05, 0.1) is 12.7 Å². The van der Waals surface area contributed by atoms with Crippen LogP contribution in [0.5, 0.6) is 0 Å². The molecule has 5 heteroatoms. The third-order valence-corrected chi connectivity index (χ3v) is 4.69. The maximum Gasteiger partial charge on any atom is 0.338 e. The van der Waals surface area contributed by atoms with Crippen LogP contribution in [0.2, 0.25) is 0 Å². The molecule has 0 aromatic carbocycles. The van der Waals surface area contributed by atoms with Gasteiger partial charge in [-0.2, -0.15) is 0 Å². The van der Waals surface area contributed by atoms with Crippen LogP contribution in [0.15, 0.2) is 18.3 Å². The smallest absolute Gasteiger partial charge is 0.338 e. The zero-order valence-electron chi connectivity index (χ0n) is 12.7. The van der Waals surface area contributed by atoms with Gasteiger partial charge in [-0.3, -0.25) is 0 Å². The first-order valence-electron chi connectivity index (χ1n) is 7.78. The second-order valence-corrected chi connectivity index (χ2v) is 5.94. The number of pyridine rings is 1. The Kier molecular flexibility index (Phi) is 4.10. The third kappa shape index (κ3) is 2.88. The van der Waals surface area contributed by atoms with E-state index in [0.717, 1.165) is 25.2 Å². The number of anilines is 1. The molecular weight excluding hydrogens is 266 g/mol. The topological polar surface area (TPSA) is 54.5 Å². The van der Waals surface area contributed by atoms with E-state index in [0.29, 0.717) is 23.7 Å². The van der Waals surface area contributed by atoms with Crippen molar-refractivity contribution in [2.24, 2.45) is 0 Å². The van der Waals surface area contributed by atoms with E-state index in [9.17, 15) is 4.79 Å². The Morgan fingerprint density at radius 1 is 1.43 bits per heavy atom. The molecule has 2 unspecified atom stereocenters. The number of methoxy groups -OCH3 is 1. The van der Waals surface area contributed by atoms with Gasteiger partial charge in [-0.25, -0.2) is 9.78 Å². The highest BCUT2D eigenvalue weighted by Gasteiger charge is 2.36. The number of aromatic nitrogens is 1. The van der Waals surface area contributed by atoms with Gasteiger partial charge in [0.15, 0.2) is 0 Å². The molecule has 0 saturated carbocycles. The average Bonchev–Trinajstić information content (AvgIpc) is 2.86. The largest absolute Gasteiger partial charge is 0.465 e. The van der Waals surface area contributed by atoms with Crippen molar-refractivity contribution in [3.05, 3.63) is 23.9 Å². The average molecular weight is 289 g/mol. The molecule has 2 bridgehead atoms. The van der Waals surface area contributed by atoms with Gasteiger partial charge in [0.25, 0.3) is 0 Å². The van der Waals surface area contributed by atoms with E-state index in [1.54, 1.807) is 12.3 Å². The van der Waals surface area contributed by atoms with E-state index < -0.39 is 0 Å². The maximum absolute atomic E-state index is 11.7. The Morgan fingerprint density at radius 2 is 2.14 bits per heavy atom. The lowest BCUT2D eigenvalue weighted by Crippen LogP contribution is -2.48. The van der Waals surface area contributed by atoms with Crippen molar-refractivity contribution in [3.63, 3.8) is 0 Å². The number of carbonyl (C=O) groups is 1. The highest BCUT2D eigenvalue weighted by molar-refractivity contribution is 5.90. The van der Waals surface area contributed by atoms with Crippen molar-refractivity contribution in [3.8, 4) is 0 Å². The summed E-state index contributed by atoms with van der Waals surface area (Å²) in [6, 6.07) is 5.35. The zero-order chi connectivity index (χ0) is 14.8. The van der Waals surface area contributed by atoms with Crippen molar-refractivity contribution in [2.75, 3.05) is 18.6 Å². The van der Waals surface area contributed by atoms with Crippen LogP contribution in [0.1, 0.15) is 43.0 Å². The van der Waals surface area contributed by atoms with E-state index in [1.165, 1.54) is 20.0 Å². The van der Waals surface area contributed by atoms with Gasteiger partial charge in [0, 0.05) is 30.9 Å². The van der Waals surface area contributed by atoms with Crippen LogP contribution < -0.4 is 10.2 Å². The van der Waals surface area contributed by atoms with Gasteiger partial charge in [-0.1, -0.05) is 0 Å². The molecule has 2 aliphatic heterocycles. The summed E-state index contributed by atoms with van der Waals surface area (Å²) >= 11 is 0. The minimum absolute atomic E-state index is 0.305. The Morgan fingerprint density at radius 3 is 2.76 bits per heavy atom. The molecule has 2 fully saturated rings. The monoisotopic (exact) mass is 289 g/mol. The summed E-state index contributed by atoms with van der Waals surface area (Å²) in [5.74, 6) is 0.576. The molecule has 1 aromatic rings. The van der Waals surface area contributed by atoms with Crippen molar-refractivity contribution >= 4 is 11.8 Å². The van der Waals surface area contributed by atoms with Gasteiger partial charge in [-0.15, -0.1) is 0 Å². The number of hydrogen-bond donors (Lipinski definition) is 1. The van der Waals surface area contributed by atoms with Gasteiger partial charge < -0.3 is 15.0 Å². The first kappa shape index (κ1) is 14.3. The van der Waals surface area contributed by atoms with Crippen molar-refractivity contribution in [1.29, 1.82) is 0 Å². The molecule has 3 heterocycles. The summed E-state index contributed by atoms with van der Waals surface area (Å²) in [5.41, 5.74) is 0.567. The molecule has 21 heavy (non-hydrogen) atoms. The summed E-state index contributed by atoms with van der Waals surface area (Å²) in [6.07, 6.45) is 6.59. The Hall–Kier alpha value is -1.62. The standard InChI is InChI=1S/C16H23N3O2/c1-3-19(14-9-12-4-5-13(10-14)18-12)15-8-11(6-7-17-15)16(20)21-2/h6-8,12-14,18H,3-5,9-10H2,1-2H3. The van der Waals surface area contributed by atoms with Crippen LogP contribution in [0.4, 0.5) is 5.82 Å². The fraction of sp³-hybridized carbons (Fsp3) is 0.625. The number of hydrogen-bond acceptors (Lipinski definition) is 5. The summed E-state index contributed by atoms with van der Waals surface area (Å²) < 4.78 is 4.80. The fourth-order valence-corrected chi connectivity index (χ4v) is 3.71. The molecule has 0 amide bonds. The fourth-order valence-electron chi connectivity index (χ4n) is 3.71. The number of piperidine rings is 1. The number of carbonyl (C=O) groups excluding carboxylic acids is 1. The molecule has 5 nitrogen and oxygen atoms in total. The molecule has 0 spiro atoms. The first-order chi connectivity index (χ1) is 10.2. The minimum atomic E-state index is -0.305. The van der Waals surface area contributed by atoms with Crippen LogP contribution >= 0.6 is 0 Å². The van der Waals surface area contributed by atoms with E-state index >= 15 is 0 Å². The molecular formula is C16H23N3O2. The van der Waals surface area contributed by atoms with Gasteiger partial charge in [0.2, 0.25) is 0 Å². The van der Waals surface area contributed by atoms with Crippen LogP contribution in [0, 0.1) is 0 Å². The molecule has 1 N–H and O–H groups in total. The molecule has 1 aromatic heterocycles. The third-order valence-electron chi connectivity index (χ3n) is 4.69. The van der Waals surface area contributed by atoms with E-state index in [4.69, 9.17) is 4.74 Å². The molecule has 114 valence electrons. The molecule has 2 saturated heterocycles. The lowest BCUT2D eigenvalue weighted by molar-refractivity contribution is 0.0600. The van der Waals surface area contributed by atoms with Crippen LogP contribution in [-0.4, -0.2) is 42.7 Å². The highest BCUT2D eigenvalue weighted by Crippen LogP contribution is 2.31. The molecule has 2 atom stereocenters. The summed E-state index contributed by atoms with van der Waals surface area (Å²) in [5, 5.41) is 3.67. The van der Waals surface area contributed by atoms with Crippen LogP contribution in [0.25, 0.3) is 0 Å². The SMILES string of the molecule is CCN(c1cc(C(=O)OC)ccn1)C1CC2CCC(C1)N2. The molecule has 2 aliphatic rings. The van der Waals surface area contributed by atoms with Crippen molar-refractivity contribution in [2.45, 2.75) is 50.7 Å². The lowest BCUT2D eigenvalue weighted by atomic mass is 9.98. The predicted octanol–water partition coefficient (Wildman–Crippen LogP) is 1.98.